The highest BCUT2D eigenvalue weighted by Crippen LogP contribution is 2.29. The standard InChI is InChI=1S/C9H10N2O3/c1-13-9(12)6-2-3-10-8-7(6)14-5-4-11-8/h2-3H,4-5H2,1H3,(H,10,11). The van der Waals surface area contributed by atoms with E-state index in [2.05, 4.69) is 15.0 Å². The van der Waals surface area contributed by atoms with E-state index < -0.39 is 5.97 Å². The first-order valence-electron chi connectivity index (χ1n) is 4.27. The van der Waals surface area contributed by atoms with E-state index in [9.17, 15) is 4.79 Å². The number of fused-ring (bicyclic) bond motifs is 1. The molecule has 0 saturated heterocycles. The van der Waals surface area contributed by atoms with Gasteiger partial charge in [-0.1, -0.05) is 0 Å². The Morgan fingerprint density at radius 2 is 2.57 bits per heavy atom. The molecule has 0 amide bonds. The van der Waals surface area contributed by atoms with Crippen LogP contribution in [-0.4, -0.2) is 31.2 Å². The molecule has 2 heterocycles. The second-order valence-corrected chi connectivity index (χ2v) is 2.80. The van der Waals surface area contributed by atoms with Gasteiger partial charge in [0.2, 0.25) is 0 Å². The van der Waals surface area contributed by atoms with Crippen LogP contribution in [0.4, 0.5) is 5.82 Å². The van der Waals surface area contributed by atoms with Crippen LogP contribution < -0.4 is 10.1 Å². The van der Waals surface area contributed by atoms with Crippen molar-refractivity contribution in [1.82, 2.24) is 4.98 Å². The highest BCUT2D eigenvalue weighted by molar-refractivity contribution is 5.94. The maximum atomic E-state index is 11.3. The molecule has 1 aromatic rings. The molecule has 5 heteroatoms. The molecule has 0 fully saturated rings. The van der Waals surface area contributed by atoms with Crippen molar-refractivity contribution in [3.8, 4) is 5.75 Å². The zero-order chi connectivity index (χ0) is 9.97. The molecule has 1 aromatic heterocycles. The van der Waals surface area contributed by atoms with Crippen molar-refractivity contribution in [2.24, 2.45) is 0 Å². The molecule has 0 atom stereocenters. The van der Waals surface area contributed by atoms with Crippen LogP contribution in [0.1, 0.15) is 10.4 Å². The number of aromatic nitrogens is 1. The molecular formula is C9H10N2O3. The van der Waals surface area contributed by atoms with Gasteiger partial charge in [-0.15, -0.1) is 0 Å². The van der Waals surface area contributed by atoms with Gasteiger partial charge >= 0.3 is 5.97 Å². The lowest BCUT2D eigenvalue weighted by atomic mass is 10.2. The smallest absolute Gasteiger partial charge is 0.341 e. The van der Waals surface area contributed by atoms with Gasteiger partial charge in [0.25, 0.3) is 0 Å². The molecule has 1 N–H and O–H groups in total. The van der Waals surface area contributed by atoms with Gasteiger partial charge in [-0.2, -0.15) is 0 Å². The summed E-state index contributed by atoms with van der Waals surface area (Å²) in [5.41, 5.74) is 0.407. The van der Waals surface area contributed by atoms with E-state index in [0.29, 0.717) is 30.3 Å². The lowest BCUT2D eigenvalue weighted by Gasteiger charge is -2.19. The summed E-state index contributed by atoms with van der Waals surface area (Å²) in [5, 5.41) is 3.04. The predicted molar refractivity (Wildman–Crippen MR) is 49.6 cm³/mol. The lowest BCUT2D eigenvalue weighted by Crippen LogP contribution is -2.21. The van der Waals surface area contributed by atoms with Gasteiger partial charge < -0.3 is 14.8 Å². The number of esters is 1. The number of hydrogen-bond acceptors (Lipinski definition) is 5. The number of carbonyl (C=O) groups is 1. The number of anilines is 1. The number of pyridine rings is 1. The summed E-state index contributed by atoms with van der Waals surface area (Å²) in [4.78, 5) is 15.4. The summed E-state index contributed by atoms with van der Waals surface area (Å²) in [6.07, 6.45) is 1.55. The van der Waals surface area contributed by atoms with Crippen LogP contribution in [0.2, 0.25) is 0 Å². The average molecular weight is 194 g/mol. The first-order chi connectivity index (χ1) is 6.83. The Morgan fingerprint density at radius 1 is 1.71 bits per heavy atom. The number of nitrogens with one attached hydrogen (secondary N) is 1. The summed E-state index contributed by atoms with van der Waals surface area (Å²) in [7, 11) is 1.34. The van der Waals surface area contributed by atoms with Gasteiger partial charge in [0.1, 0.15) is 12.2 Å². The largest absolute Gasteiger partial charge is 0.487 e. The summed E-state index contributed by atoms with van der Waals surface area (Å²) in [6, 6.07) is 1.58. The minimum absolute atomic E-state index is 0.407. The fourth-order valence-corrected chi connectivity index (χ4v) is 1.31. The number of nitrogens with zero attached hydrogens (tertiary/aromatic N) is 1. The Labute approximate surface area is 81.0 Å². The first kappa shape index (κ1) is 8.80. The molecule has 1 aliphatic rings. The molecule has 0 unspecified atom stereocenters. The van der Waals surface area contributed by atoms with Crippen molar-refractivity contribution in [2.75, 3.05) is 25.6 Å². The zero-order valence-electron chi connectivity index (χ0n) is 7.74. The Kier molecular flexibility index (Phi) is 2.22. The third kappa shape index (κ3) is 1.37. The molecular weight excluding hydrogens is 184 g/mol. The molecule has 0 bridgehead atoms. The van der Waals surface area contributed by atoms with Crippen LogP contribution >= 0.6 is 0 Å². The number of methoxy groups -OCH3 is 1. The van der Waals surface area contributed by atoms with Crippen molar-refractivity contribution in [3.63, 3.8) is 0 Å². The highest BCUT2D eigenvalue weighted by atomic mass is 16.5. The van der Waals surface area contributed by atoms with Crippen molar-refractivity contribution in [3.05, 3.63) is 17.8 Å². The second-order valence-electron chi connectivity index (χ2n) is 2.80. The molecule has 74 valence electrons. The van der Waals surface area contributed by atoms with E-state index in [1.807, 2.05) is 0 Å². The van der Waals surface area contributed by atoms with Gasteiger partial charge in [0, 0.05) is 6.20 Å². The van der Waals surface area contributed by atoms with Gasteiger partial charge in [0.05, 0.1) is 13.7 Å². The number of hydrogen-bond donors (Lipinski definition) is 1. The summed E-state index contributed by atoms with van der Waals surface area (Å²) < 4.78 is 9.98. The second kappa shape index (κ2) is 3.53. The van der Waals surface area contributed by atoms with Crippen LogP contribution in [0, 0.1) is 0 Å². The summed E-state index contributed by atoms with van der Waals surface area (Å²) in [6.45, 7) is 1.23. The molecule has 0 spiro atoms. The van der Waals surface area contributed by atoms with E-state index in [1.54, 1.807) is 12.3 Å². The van der Waals surface area contributed by atoms with Gasteiger partial charge in [0.15, 0.2) is 11.6 Å². The van der Waals surface area contributed by atoms with E-state index in [-0.39, 0.29) is 0 Å². The molecule has 0 radical (unpaired) electrons. The van der Waals surface area contributed by atoms with Gasteiger partial charge in [-0.25, -0.2) is 9.78 Å². The molecule has 0 aromatic carbocycles. The number of carbonyl (C=O) groups excluding carboxylic acids is 1. The monoisotopic (exact) mass is 194 g/mol. The fraction of sp³-hybridized carbons (Fsp3) is 0.333. The fourth-order valence-electron chi connectivity index (χ4n) is 1.31. The maximum absolute atomic E-state index is 11.3. The van der Waals surface area contributed by atoms with Crippen molar-refractivity contribution < 1.29 is 14.3 Å². The molecule has 1 aliphatic heterocycles. The van der Waals surface area contributed by atoms with E-state index in [0.717, 1.165) is 0 Å². The van der Waals surface area contributed by atoms with E-state index in [4.69, 9.17) is 4.74 Å². The number of ether oxygens (including phenoxy) is 2. The number of rotatable bonds is 1. The van der Waals surface area contributed by atoms with Gasteiger partial charge in [-0.05, 0) is 6.07 Å². The third-order valence-corrected chi connectivity index (χ3v) is 1.95. The SMILES string of the molecule is COC(=O)c1ccnc2c1OCCN2. The zero-order valence-corrected chi connectivity index (χ0v) is 7.74. The predicted octanol–water partition coefficient (Wildman–Crippen LogP) is 0.672. The molecule has 14 heavy (non-hydrogen) atoms. The average Bonchev–Trinajstić information content (AvgIpc) is 2.27. The van der Waals surface area contributed by atoms with Crippen molar-refractivity contribution in [2.45, 2.75) is 0 Å². The van der Waals surface area contributed by atoms with E-state index in [1.165, 1.54) is 7.11 Å². The lowest BCUT2D eigenvalue weighted by molar-refractivity contribution is 0.0595. The first-order valence-corrected chi connectivity index (χ1v) is 4.27. The Hall–Kier alpha value is -1.78. The Morgan fingerprint density at radius 3 is 3.36 bits per heavy atom. The molecule has 5 nitrogen and oxygen atoms in total. The normalized spacial score (nSPS) is 13.5. The van der Waals surface area contributed by atoms with Crippen LogP contribution in [0.3, 0.4) is 0 Å². The van der Waals surface area contributed by atoms with Crippen molar-refractivity contribution in [1.29, 1.82) is 0 Å². The molecule has 2 rings (SSSR count). The van der Waals surface area contributed by atoms with E-state index >= 15 is 0 Å². The summed E-state index contributed by atoms with van der Waals surface area (Å²) >= 11 is 0. The molecule has 0 saturated carbocycles. The third-order valence-electron chi connectivity index (χ3n) is 1.95. The van der Waals surface area contributed by atoms with Crippen molar-refractivity contribution >= 4 is 11.8 Å². The topological polar surface area (TPSA) is 60.5 Å². The Balaban J connectivity index is 2.45. The van der Waals surface area contributed by atoms with Crippen LogP contribution in [-0.2, 0) is 4.74 Å². The minimum atomic E-state index is -0.410. The van der Waals surface area contributed by atoms with Gasteiger partial charge in [-0.3, -0.25) is 0 Å². The van der Waals surface area contributed by atoms with Crippen LogP contribution in [0.25, 0.3) is 0 Å². The minimum Gasteiger partial charge on any atom is -0.487 e. The summed E-state index contributed by atoms with van der Waals surface area (Å²) in [5.74, 6) is 0.664. The maximum Gasteiger partial charge on any atom is 0.341 e. The van der Waals surface area contributed by atoms with Crippen LogP contribution in [0.5, 0.6) is 5.75 Å². The highest BCUT2D eigenvalue weighted by Gasteiger charge is 2.20. The quantitative estimate of drug-likeness (QED) is 0.666. The van der Waals surface area contributed by atoms with Crippen LogP contribution in [0.15, 0.2) is 12.3 Å². The Bertz CT molecular complexity index is 365. The molecule has 0 aliphatic carbocycles.